The summed E-state index contributed by atoms with van der Waals surface area (Å²) in [6.45, 7) is 4.01. The summed E-state index contributed by atoms with van der Waals surface area (Å²) in [5, 5.41) is 0. The number of imidazole rings is 1. The number of ether oxygens (including phenoxy) is 1. The fourth-order valence-electron chi connectivity index (χ4n) is 2.31. The molecule has 0 amide bonds. The minimum absolute atomic E-state index is 0.309. The van der Waals surface area contributed by atoms with Gasteiger partial charge in [0.05, 0.1) is 19.5 Å². The van der Waals surface area contributed by atoms with Gasteiger partial charge in [-0.05, 0) is 19.9 Å². The van der Waals surface area contributed by atoms with E-state index in [9.17, 15) is 9.59 Å². The number of aromatic nitrogens is 4. The monoisotopic (exact) mass is 295 g/mol. The molecule has 21 heavy (non-hydrogen) atoms. The third-order valence-electron chi connectivity index (χ3n) is 3.43. The molecule has 2 heterocycles. The van der Waals surface area contributed by atoms with Gasteiger partial charge in [0.1, 0.15) is 0 Å². The van der Waals surface area contributed by atoms with Crippen molar-refractivity contribution in [3.8, 4) is 0 Å². The number of aryl methyl sites for hydroxylation is 1. The highest BCUT2D eigenvalue weighted by Gasteiger charge is 2.17. The van der Waals surface area contributed by atoms with Crippen molar-refractivity contribution in [3.63, 3.8) is 0 Å². The number of nitrogens with two attached hydrogens (primary N) is 1. The zero-order chi connectivity index (χ0) is 15.4. The average molecular weight is 295 g/mol. The van der Waals surface area contributed by atoms with Crippen LogP contribution in [0.1, 0.15) is 13.3 Å². The van der Waals surface area contributed by atoms with E-state index >= 15 is 0 Å². The molecule has 0 atom stereocenters. The van der Waals surface area contributed by atoms with Crippen molar-refractivity contribution in [1.29, 1.82) is 0 Å². The van der Waals surface area contributed by atoms with Gasteiger partial charge in [-0.15, -0.1) is 0 Å². The van der Waals surface area contributed by atoms with Crippen LogP contribution in [0.2, 0.25) is 0 Å². The largest absolute Gasteiger partial charge is 0.383 e. The molecule has 2 N–H and O–H groups in total. The van der Waals surface area contributed by atoms with Gasteiger partial charge < -0.3 is 15.0 Å². The Balaban J connectivity index is 2.71. The SMILES string of the molecule is CCn1cnc2c1c(=O)n(CCCN)c(=O)n2CCOC. The van der Waals surface area contributed by atoms with Crippen molar-refractivity contribution < 1.29 is 4.74 Å². The van der Waals surface area contributed by atoms with Crippen molar-refractivity contribution >= 4 is 11.2 Å². The van der Waals surface area contributed by atoms with E-state index in [1.165, 1.54) is 9.13 Å². The maximum atomic E-state index is 12.5. The summed E-state index contributed by atoms with van der Waals surface area (Å²) in [5.74, 6) is 0. The first-order valence-electron chi connectivity index (χ1n) is 7.03. The highest BCUT2D eigenvalue weighted by molar-refractivity contribution is 5.70. The first kappa shape index (κ1) is 15.5. The van der Waals surface area contributed by atoms with Crippen LogP contribution in [-0.2, 0) is 24.4 Å². The molecular weight excluding hydrogens is 274 g/mol. The highest BCUT2D eigenvalue weighted by atomic mass is 16.5. The zero-order valence-corrected chi connectivity index (χ0v) is 12.4. The maximum absolute atomic E-state index is 12.5. The summed E-state index contributed by atoms with van der Waals surface area (Å²) in [7, 11) is 1.57. The van der Waals surface area contributed by atoms with E-state index in [0.29, 0.717) is 50.4 Å². The molecule has 0 aliphatic carbocycles. The van der Waals surface area contributed by atoms with E-state index in [4.69, 9.17) is 10.5 Å². The lowest BCUT2D eigenvalue weighted by Crippen LogP contribution is -2.41. The second kappa shape index (κ2) is 6.68. The quantitative estimate of drug-likeness (QED) is 0.734. The summed E-state index contributed by atoms with van der Waals surface area (Å²) >= 11 is 0. The van der Waals surface area contributed by atoms with Gasteiger partial charge in [0.25, 0.3) is 5.56 Å². The molecule has 2 rings (SSSR count). The van der Waals surface area contributed by atoms with Crippen molar-refractivity contribution in [2.75, 3.05) is 20.3 Å². The smallest absolute Gasteiger partial charge is 0.332 e. The molecule has 0 aromatic carbocycles. The maximum Gasteiger partial charge on any atom is 0.332 e. The van der Waals surface area contributed by atoms with Crippen LogP contribution >= 0.6 is 0 Å². The Bertz CT molecular complexity index is 728. The molecule has 0 aliphatic heterocycles. The number of nitrogens with zero attached hydrogens (tertiary/aromatic N) is 4. The molecule has 2 aromatic rings. The minimum Gasteiger partial charge on any atom is -0.383 e. The molecule has 0 saturated heterocycles. The standard InChI is InChI=1S/C13H21N5O3/c1-3-16-9-15-11-10(16)12(19)18(6-4-5-14)13(20)17(11)7-8-21-2/h9H,3-8,14H2,1-2H3. The third kappa shape index (κ3) is 2.77. The van der Waals surface area contributed by atoms with E-state index in [0.717, 1.165) is 0 Å². The molecule has 0 saturated carbocycles. The molecule has 0 unspecified atom stereocenters. The first-order valence-corrected chi connectivity index (χ1v) is 7.03. The van der Waals surface area contributed by atoms with Gasteiger partial charge in [-0.1, -0.05) is 0 Å². The Kier molecular flexibility index (Phi) is 4.92. The van der Waals surface area contributed by atoms with Crippen molar-refractivity contribution in [2.24, 2.45) is 5.73 Å². The molecular formula is C13H21N5O3. The molecule has 8 heteroatoms. The van der Waals surface area contributed by atoms with Crippen LogP contribution in [0, 0.1) is 0 Å². The zero-order valence-electron chi connectivity index (χ0n) is 12.4. The van der Waals surface area contributed by atoms with Gasteiger partial charge in [0.15, 0.2) is 11.2 Å². The van der Waals surface area contributed by atoms with Crippen LogP contribution in [0.25, 0.3) is 11.2 Å². The Morgan fingerprint density at radius 3 is 2.67 bits per heavy atom. The van der Waals surface area contributed by atoms with E-state index in [2.05, 4.69) is 4.98 Å². The summed E-state index contributed by atoms with van der Waals surface area (Å²) in [6, 6.07) is 0. The second-order valence-corrected chi connectivity index (χ2v) is 4.73. The molecule has 0 bridgehead atoms. The highest BCUT2D eigenvalue weighted by Crippen LogP contribution is 2.06. The normalized spacial score (nSPS) is 11.4. The Hall–Kier alpha value is -1.93. The van der Waals surface area contributed by atoms with Gasteiger partial charge in [-0.2, -0.15) is 0 Å². The van der Waals surface area contributed by atoms with Gasteiger partial charge in [0, 0.05) is 20.2 Å². The summed E-state index contributed by atoms with van der Waals surface area (Å²) in [6.07, 6.45) is 2.16. The van der Waals surface area contributed by atoms with Crippen molar-refractivity contribution in [1.82, 2.24) is 18.7 Å². The lowest BCUT2D eigenvalue weighted by atomic mass is 10.4. The average Bonchev–Trinajstić information content (AvgIpc) is 2.91. The molecule has 8 nitrogen and oxygen atoms in total. The van der Waals surface area contributed by atoms with Crippen molar-refractivity contribution in [2.45, 2.75) is 33.0 Å². The van der Waals surface area contributed by atoms with E-state index in [-0.39, 0.29) is 11.2 Å². The van der Waals surface area contributed by atoms with Gasteiger partial charge >= 0.3 is 5.69 Å². The summed E-state index contributed by atoms with van der Waals surface area (Å²) < 4.78 is 9.51. The molecule has 0 radical (unpaired) electrons. The predicted molar refractivity (Wildman–Crippen MR) is 79.5 cm³/mol. The Labute approximate surface area is 121 Å². The van der Waals surface area contributed by atoms with Crippen LogP contribution in [0.15, 0.2) is 15.9 Å². The Morgan fingerprint density at radius 1 is 1.29 bits per heavy atom. The van der Waals surface area contributed by atoms with Crippen LogP contribution < -0.4 is 17.0 Å². The second-order valence-electron chi connectivity index (χ2n) is 4.73. The van der Waals surface area contributed by atoms with Crippen LogP contribution in [-0.4, -0.2) is 38.9 Å². The molecule has 0 spiro atoms. The molecule has 116 valence electrons. The Morgan fingerprint density at radius 2 is 2.05 bits per heavy atom. The fraction of sp³-hybridized carbons (Fsp3) is 0.615. The van der Waals surface area contributed by atoms with E-state index in [1.807, 2.05) is 6.92 Å². The number of rotatable bonds is 7. The number of methoxy groups -OCH3 is 1. The predicted octanol–water partition coefficient (Wildman–Crippen LogP) is -0.625. The van der Waals surface area contributed by atoms with Crippen molar-refractivity contribution in [3.05, 3.63) is 27.2 Å². The third-order valence-corrected chi connectivity index (χ3v) is 3.43. The first-order chi connectivity index (χ1) is 10.2. The van der Waals surface area contributed by atoms with Gasteiger partial charge in [-0.25, -0.2) is 9.78 Å². The molecule has 2 aromatic heterocycles. The van der Waals surface area contributed by atoms with Crippen LogP contribution in [0.5, 0.6) is 0 Å². The van der Waals surface area contributed by atoms with E-state index in [1.54, 1.807) is 18.0 Å². The minimum atomic E-state index is -0.362. The van der Waals surface area contributed by atoms with Gasteiger partial charge in [0.2, 0.25) is 0 Å². The lowest BCUT2D eigenvalue weighted by Gasteiger charge is -2.11. The number of hydrogen-bond donors (Lipinski definition) is 1. The van der Waals surface area contributed by atoms with Gasteiger partial charge in [-0.3, -0.25) is 13.9 Å². The van der Waals surface area contributed by atoms with Crippen LogP contribution in [0.4, 0.5) is 0 Å². The summed E-state index contributed by atoms with van der Waals surface area (Å²) in [4.78, 5) is 29.2. The number of fused-ring (bicyclic) bond motifs is 1. The topological polar surface area (TPSA) is 97.1 Å². The fourth-order valence-corrected chi connectivity index (χ4v) is 2.31. The molecule has 0 aliphatic rings. The summed E-state index contributed by atoms with van der Waals surface area (Å²) in [5.41, 5.74) is 5.67. The van der Waals surface area contributed by atoms with E-state index < -0.39 is 0 Å². The lowest BCUT2D eigenvalue weighted by molar-refractivity contribution is 0.186. The van der Waals surface area contributed by atoms with Crippen LogP contribution in [0.3, 0.4) is 0 Å². The molecule has 0 fully saturated rings. The number of hydrogen-bond acceptors (Lipinski definition) is 5.